The number of nitrogens with one attached hydrogen (secondary N) is 1. The monoisotopic (exact) mass is 303 g/mol. The summed E-state index contributed by atoms with van der Waals surface area (Å²) in [7, 11) is 0. The maximum atomic E-state index is 11.7. The average Bonchev–Trinajstić information content (AvgIpc) is 2.32. The molecule has 0 aliphatic rings. The lowest BCUT2D eigenvalue weighted by molar-refractivity contribution is 0.0836. The third-order valence-electron chi connectivity index (χ3n) is 1.97. The fourth-order valence-electron chi connectivity index (χ4n) is 1.19. The van der Waals surface area contributed by atoms with E-state index in [4.69, 9.17) is 9.84 Å². The van der Waals surface area contributed by atoms with Gasteiger partial charge in [0.15, 0.2) is 0 Å². The van der Waals surface area contributed by atoms with Crippen molar-refractivity contribution in [1.29, 1.82) is 0 Å². The molecule has 0 bridgehead atoms. The van der Waals surface area contributed by atoms with Crippen LogP contribution < -0.4 is 5.32 Å². The molecular formula is C11H14BrNO4. The molecule has 0 spiro atoms. The number of benzene rings is 1. The van der Waals surface area contributed by atoms with Gasteiger partial charge in [-0.25, -0.2) is 0 Å². The van der Waals surface area contributed by atoms with Gasteiger partial charge in [-0.15, -0.1) is 0 Å². The minimum absolute atomic E-state index is 0.0413. The molecule has 0 fully saturated rings. The Bertz CT molecular complexity index is 384. The summed E-state index contributed by atoms with van der Waals surface area (Å²) in [5, 5.41) is 20.6. The molecule has 0 radical (unpaired) electrons. The van der Waals surface area contributed by atoms with Crippen LogP contribution in [0, 0.1) is 0 Å². The number of rotatable bonds is 6. The van der Waals surface area contributed by atoms with Crippen LogP contribution >= 0.6 is 15.9 Å². The van der Waals surface area contributed by atoms with E-state index in [1.807, 2.05) is 0 Å². The molecule has 0 unspecified atom stereocenters. The first-order valence-electron chi connectivity index (χ1n) is 5.10. The summed E-state index contributed by atoms with van der Waals surface area (Å²) < 4.78 is 5.71. The molecular weight excluding hydrogens is 290 g/mol. The Balaban J connectivity index is 2.44. The predicted molar refractivity (Wildman–Crippen MR) is 66.0 cm³/mol. The Hall–Kier alpha value is -1.11. The van der Waals surface area contributed by atoms with Gasteiger partial charge in [-0.2, -0.15) is 0 Å². The molecule has 3 N–H and O–H groups in total. The SMILES string of the molecule is O=C(NCCOCCO)c1cc(Br)ccc1O. The second-order valence-corrected chi connectivity index (χ2v) is 4.17. The van der Waals surface area contributed by atoms with E-state index in [1.165, 1.54) is 6.07 Å². The maximum absolute atomic E-state index is 11.7. The quantitative estimate of drug-likeness (QED) is 0.682. The summed E-state index contributed by atoms with van der Waals surface area (Å²) in [4.78, 5) is 11.7. The highest BCUT2D eigenvalue weighted by molar-refractivity contribution is 9.10. The molecule has 0 aliphatic carbocycles. The average molecular weight is 304 g/mol. The van der Waals surface area contributed by atoms with E-state index in [2.05, 4.69) is 21.2 Å². The van der Waals surface area contributed by atoms with E-state index in [-0.39, 0.29) is 30.4 Å². The maximum Gasteiger partial charge on any atom is 0.255 e. The molecule has 0 atom stereocenters. The van der Waals surface area contributed by atoms with E-state index < -0.39 is 0 Å². The van der Waals surface area contributed by atoms with Gasteiger partial charge < -0.3 is 20.3 Å². The van der Waals surface area contributed by atoms with E-state index >= 15 is 0 Å². The molecule has 1 aromatic carbocycles. The van der Waals surface area contributed by atoms with E-state index in [9.17, 15) is 9.90 Å². The summed E-state index contributed by atoms with van der Waals surface area (Å²) in [6.07, 6.45) is 0. The van der Waals surface area contributed by atoms with Crippen LogP contribution in [0.5, 0.6) is 5.75 Å². The van der Waals surface area contributed by atoms with Crippen molar-refractivity contribution in [3.05, 3.63) is 28.2 Å². The molecule has 1 aromatic rings. The van der Waals surface area contributed by atoms with Crippen LogP contribution in [0.2, 0.25) is 0 Å². The van der Waals surface area contributed by atoms with Gasteiger partial charge in [-0.3, -0.25) is 4.79 Å². The van der Waals surface area contributed by atoms with Gasteiger partial charge >= 0.3 is 0 Å². The van der Waals surface area contributed by atoms with Gasteiger partial charge in [0.1, 0.15) is 5.75 Å². The van der Waals surface area contributed by atoms with Gasteiger partial charge in [0, 0.05) is 11.0 Å². The van der Waals surface area contributed by atoms with Crippen molar-refractivity contribution in [3.63, 3.8) is 0 Å². The number of hydrogen-bond donors (Lipinski definition) is 3. The first-order valence-corrected chi connectivity index (χ1v) is 5.89. The molecule has 0 aromatic heterocycles. The lowest BCUT2D eigenvalue weighted by atomic mass is 10.2. The minimum atomic E-state index is -0.364. The number of aromatic hydroxyl groups is 1. The summed E-state index contributed by atoms with van der Waals surface area (Å²) in [5.74, 6) is -0.432. The zero-order valence-electron chi connectivity index (χ0n) is 9.15. The van der Waals surface area contributed by atoms with Gasteiger partial charge in [0.25, 0.3) is 5.91 Å². The van der Waals surface area contributed by atoms with Crippen molar-refractivity contribution in [2.75, 3.05) is 26.4 Å². The Labute approximate surface area is 108 Å². The molecule has 17 heavy (non-hydrogen) atoms. The third kappa shape index (κ3) is 4.72. The van der Waals surface area contributed by atoms with Gasteiger partial charge in [-0.1, -0.05) is 15.9 Å². The van der Waals surface area contributed by atoms with Gasteiger partial charge in [0.2, 0.25) is 0 Å². The molecule has 0 saturated carbocycles. The lowest BCUT2D eigenvalue weighted by Crippen LogP contribution is -2.27. The highest BCUT2D eigenvalue weighted by Gasteiger charge is 2.10. The number of ether oxygens (including phenoxy) is 1. The van der Waals surface area contributed by atoms with Crippen LogP contribution in [0.25, 0.3) is 0 Å². The summed E-state index contributed by atoms with van der Waals surface area (Å²) in [6.45, 7) is 0.851. The Morgan fingerprint density at radius 1 is 1.41 bits per heavy atom. The summed E-state index contributed by atoms with van der Waals surface area (Å²) in [5.41, 5.74) is 0.210. The number of halogens is 1. The van der Waals surface area contributed by atoms with E-state index in [1.54, 1.807) is 12.1 Å². The van der Waals surface area contributed by atoms with Crippen molar-refractivity contribution in [1.82, 2.24) is 5.32 Å². The number of hydrogen-bond acceptors (Lipinski definition) is 4. The van der Waals surface area contributed by atoms with Crippen LogP contribution in [-0.4, -0.2) is 42.5 Å². The Morgan fingerprint density at radius 2 is 2.18 bits per heavy atom. The number of aliphatic hydroxyl groups is 1. The molecule has 1 amide bonds. The van der Waals surface area contributed by atoms with Crippen molar-refractivity contribution in [2.24, 2.45) is 0 Å². The molecule has 0 saturated heterocycles. The largest absolute Gasteiger partial charge is 0.507 e. The molecule has 0 heterocycles. The highest BCUT2D eigenvalue weighted by atomic mass is 79.9. The fraction of sp³-hybridized carbons (Fsp3) is 0.364. The molecule has 1 rings (SSSR count). The first kappa shape index (κ1) is 14.0. The van der Waals surface area contributed by atoms with Crippen LogP contribution in [0.1, 0.15) is 10.4 Å². The zero-order valence-corrected chi connectivity index (χ0v) is 10.7. The van der Waals surface area contributed by atoms with E-state index in [0.29, 0.717) is 13.2 Å². The van der Waals surface area contributed by atoms with Crippen LogP contribution in [0.3, 0.4) is 0 Å². The normalized spacial score (nSPS) is 10.2. The van der Waals surface area contributed by atoms with Crippen molar-refractivity contribution in [2.45, 2.75) is 0 Å². The molecule has 0 aliphatic heterocycles. The van der Waals surface area contributed by atoms with Crippen LogP contribution in [-0.2, 0) is 4.74 Å². The second kappa shape index (κ2) is 7.26. The predicted octanol–water partition coefficient (Wildman–Crippen LogP) is 0.893. The third-order valence-corrected chi connectivity index (χ3v) is 2.46. The van der Waals surface area contributed by atoms with Crippen molar-refractivity contribution >= 4 is 21.8 Å². The van der Waals surface area contributed by atoms with Crippen molar-refractivity contribution in [3.8, 4) is 5.75 Å². The van der Waals surface area contributed by atoms with Gasteiger partial charge in [-0.05, 0) is 18.2 Å². The van der Waals surface area contributed by atoms with Crippen molar-refractivity contribution < 1.29 is 19.7 Å². The number of amides is 1. The fourth-order valence-corrected chi connectivity index (χ4v) is 1.55. The number of phenolic OH excluding ortho intramolecular Hbond substituents is 1. The van der Waals surface area contributed by atoms with Gasteiger partial charge in [0.05, 0.1) is 25.4 Å². The number of carbonyl (C=O) groups is 1. The Kier molecular flexibility index (Phi) is 5.96. The standard InChI is InChI=1S/C11H14BrNO4/c12-8-1-2-10(15)9(7-8)11(16)13-3-5-17-6-4-14/h1-2,7,14-15H,3-6H2,(H,13,16). The number of phenols is 1. The lowest BCUT2D eigenvalue weighted by Gasteiger charge is -2.07. The first-order chi connectivity index (χ1) is 8.15. The topological polar surface area (TPSA) is 78.8 Å². The summed E-state index contributed by atoms with van der Waals surface area (Å²) >= 11 is 3.22. The number of aliphatic hydroxyl groups excluding tert-OH is 1. The smallest absolute Gasteiger partial charge is 0.255 e. The minimum Gasteiger partial charge on any atom is -0.507 e. The van der Waals surface area contributed by atoms with Crippen LogP contribution in [0.15, 0.2) is 22.7 Å². The molecule has 6 heteroatoms. The zero-order chi connectivity index (χ0) is 12.7. The molecule has 94 valence electrons. The second-order valence-electron chi connectivity index (χ2n) is 3.25. The van der Waals surface area contributed by atoms with E-state index in [0.717, 1.165) is 4.47 Å². The summed E-state index contributed by atoms with van der Waals surface area (Å²) in [6, 6.07) is 4.64. The molecule has 5 nitrogen and oxygen atoms in total. The van der Waals surface area contributed by atoms with Crippen LogP contribution in [0.4, 0.5) is 0 Å². The Morgan fingerprint density at radius 3 is 2.88 bits per heavy atom. The number of carbonyl (C=O) groups excluding carboxylic acids is 1. The highest BCUT2D eigenvalue weighted by Crippen LogP contribution is 2.21.